The summed E-state index contributed by atoms with van der Waals surface area (Å²) < 4.78 is 0. The third-order valence-corrected chi connectivity index (χ3v) is 4.32. The smallest absolute Gasteiger partial charge is 0.261 e. The minimum absolute atomic E-state index is 0.152. The van der Waals surface area contributed by atoms with Crippen LogP contribution < -0.4 is 11.1 Å². The van der Waals surface area contributed by atoms with Crippen molar-refractivity contribution < 1.29 is 9.90 Å². The summed E-state index contributed by atoms with van der Waals surface area (Å²) in [4.78, 5) is 13.8. The summed E-state index contributed by atoms with van der Waals surface area (Å²) >= 11 is 1.46. The normalized spacial score (nSPS) is 12.2. The molecule has 0 spiro atoms. The highest BCUT2D eigenvalue weighted by Crippen LogP contribution is 2.20. The lowest BCUT2D eigenvalue weighted by molar-refractivity contribution is 0.0920. The minimum atomic E-state index is -0.735. The van der Waals surface area contributed by atoms with Crippen LogP contribution in [0.15, 0.2) is 30.3 Å². The molecular weight excluding hydrogens is 272 g/mol. The van der Waals surface area contributed by atoms with Crippen molar-refractivity contribution in [3.05, 3.63) is 51.2 Å². The molecule has 1 heterocycles. The fourth-order valence-electron chi connectivity index (χ4n) is 1.80. The van der Waals surface area contributed by atoms with Gasteiger partial charge in [-0.3, -0.25) is 4.79 Å². The average Bonchev–Trinajstić information content (AvgIpc) is 2.76. The molecule has 0 aliphatic carbocycles. The van der Waals surface area contributed by atoms with Crippen LogP contribution in [0.3, 0.4) is 0 Å². The summed E-state index contributed by atoms with van der Waals surface area (Å²) in [5, 5.41) is 12.8. The van der Waals surface area contributed by atoms with Crippen LogP contribution in [0.5, 0.6) is 0 Å². The molecule has 20 heavy (non-hydrogen) atoms. The average molecular weight is 290 g/mol. The summed E-state index contributed by atoms with van der Waals surface area (Å²) in [6.07, 6.45) is -0.735. The molecule has 1 unspecified atom stereocenters. The number of amides is 1. The van der Waals surface area contributed by atoms with Gasteiger partial charge < -0.3 is 16.2 Å². The van der Waals surface area contributed by atoms with Crippen molar-refractivity contribution in [2.24, 2.45) is 0 Å². The maximum absolute atomic E-state index is 12.0. The predicted molar refractivity (Wildman–Crippen MR) is 81.9 cm³/mol. The zero-order chi connectivity index (χ0) is 14.7. The van der Waals surface area contributed by atoms with Gasteiger partial charge in [0.15, 0.2) is 0 Å². The number of carbonyl (C=O) groups is 1. The molecule has 2 rings (SSSR count). The lowest BCUT2D eigenvalue weighted by atomic mass is 10.1. The maximum Gasteiger partial charge on any atom is 0.261 e. The summed E-state index contributed by atoms with van der Waals surface area (Å²) in [6, 6.07) is 8.83. The number of hydrogen-bond donors (Lipinski definition) is 3. The van der Waals surface area contributed by atoms with Crippen molar-refractivity contribution >= 4 is 22.9 Å². The monoisotopic (exact) mass is 290 g/mol. The molecule has 0 fully saturated rings. The van der Waals surface area contributed by atoms with Crippen LogP contribution in [-0.4, -0.2) is 17.6 Å². The fourth-order valence-corrected chi connectivity index (χ4v) is 2.75. The van der Waals surface area contributed by atoms with E-state index in [2.05, 4.69) is 5.32 Å². The maximum atomic E-state index is 12.0. The van der Waals surface area contributed by atoms with Gasteiger partial charge in [0.1, 0.15) is 0 Å². The van der Waals surface area contributed by atoms with Crippen LogP contribution in [-0.2, 0) is 0 Å². The van der Waals surface area contributed by atoms with E-state index in [-0.39, 0.29) is 12.5 Å². The summed E-state index contributed by atoms with van der Waals surface area (Å²) in [7, 11) is 0. The van der Waals surface area contributed by atoms with Crippen molar-refractivity contribution in [2.75, 3.05) is 12.3 Å². The molecule has 1 atom stereocenters. The van der Waals surface area contributed by atoms with E-state index in [4.69, 9.17) is 5.73 Å². The van der Waals surface area contributed by atoms with Crippen LogP contribution in [0.4, 0.5) is 5.69 Å². The van der Waals surface area contributed by atoms with E-state index in [0.29, 0.717) is 10.6 Å². The Hall–Kier alpha value is -1.85. The van der Waals surface area contributed by atoms with Gasteiger partial charge in [-0.1, -0.05) is 12.1 Å². The Kier molecular flexibility index (Phi) is 4.42. The number of thiophene rings is 1. The number of benzene rings is 1. The largest absolute Gasteiger partial charge is 0.399 e. The standard InChI is InChI=1S/C15H18N2O2S/c1-9-7-14(20-10(9)2)15(19)17-8-13(18)11-3-5-12(16)6-4-11/h3-7,13,18H,8,16H2,1-2H3,(H,17,19). The second-order valence-corrected chi connectivity index (χ2v) is 6.00. The van der Waals surface area contributed by atoms with E-state index >= 15 is 0 Å². The van der Waals surface area contributed by atoms with Crippen LogP contribution in [0.25, 0.3) is 0 Å². The van der Waals surface area contributed by atoms with Crippen molar-refractivity contribution in [3.8, 4) is 0 Å². The van der Waals surface area contributed by atoms with Crippen LogP contribution in [0.2, 0.25) is 0 Å². The lowest BCUT2D eigenvalue weighted by Gasteiger charge is -2.12. The summed E-state index contributed by atoms with van der Waals surface area (Å²) in [6.45, 7) is 4.14. The molecule has 4 nitrogen and oxygen atoms in total. The number of nitrogens with one attached hydrogen (secondary N) is 1. The molecular formula is C15H18N2O2S. The molecule has 2 aromatic rings. The Morgan fingerprint density at radius 2 is 2.00 bits per heavy atom. The molecule has 0 aliphatic heterocycles. The van der Waals surface area contributed by atoms with Crippen molar-refractivity contribution in [2.45, 2.75) is 20.0 Å². The number of nitrogens with two attached hydrogens (primary N) is 1. The first-order chi connectivity index (χ1) is 9.47. The van der Waals surface area contributed by atoms with Gasteiger partial charge in [-0.15, -0.1) is 11.3 Å². The highest BCUT2D eigenvalue weighted by Gasteiger charge is 2.13. The first-order valence-corrected chi connectivity index (χ1v) is 7.17. The van der Waals surface area contributed by atoms with E-state index in [9.17, 15) is 9.90 Å². The number of nitrogen functional groups attached to an aromatic ring is 1. The summed E-state index contributed by atoms with van der Waals surface area (Å²) in [5.74, 6) is -0.152. The number of aryl methyl sites for hydroxylation is 2. The highest BCUT2D eigenvalue weighted by atomic mass is 32.1. The van der Waals surface area contributed by atoms with Crippen molar-refractivity contribution in [1.29, 1.82) is 0 Å². The van der Waals surface area contributed by atoms with Crippen molar-refractivity contribution in [3.63, 3.8) is 0 Å². The van der Waals surface area contributed by atoms with Gasteiger partial charge in [-0.25, -0.2) is 0 Å². The molecule has 5 heteroatoms. The van der Waals surface area contributed by atoms with E-state index in [1.54, 1.807) is 24.3 Å². The minimum Gasteiger partial charge on any atom is -0.399 e. The van der Waals surface area contributed by atoms with Gasteiger partial charge in [0, 0.05) is 17.1 Å². The first-order valence-electron chi connectivity index (χ1n) is 6.36. The summed E-state index contributed by atoms with van der Waals surface area (Å²) in [5.41, 5.74) is 8.08. The molecule has 4 N–H and O–H groups in total. The van der Waals surface area contributed by atoms with E-state index in [1.165, 1.54) is 11.3 Å². The topological polar surface area (TPSA) is 75.3 Å². The third kappa shape index (κ3) is 3.37. The Bertz CT molecular complexity index is 585. The Balaban J connectivity index is 1.94. The molecule has 1 aromatic carbocycles. The Labute approximate surface area is 122 Å². The molecule has 1 amide bonds. The lowest BCUT2D eigenvalue weighted by Crippen LogP contribution is -2.27. The van der Waals surface area contributed by atoms with E-state index in [0.717, 1.165) is 16.0 Å². The number of aliphatic hydroxyl groups is 1. The number of rotatable bonds is 4. The number of anilines is 1. The highest BCUT2D eigenvalue weighted by molar-refractivity contribution is 7.14. The zero-order valence-electron chi connectivity index (χ0n) is 11.5. The van der Waals surface area contributed by atoms with E-state index in [1.807, 2.05) is 19.9 Å². The molecule has 1 aromatic heterocycles. The van der Waals surface area contributed by atoms with E-state index < -0.39 is 6.10 Å². The first kappa shape index (κ1) is 14.6. The second-order valence-electron chi connectivity index (χ2n) is 4.74. The Morgan fingerprint density at radius 3 is 2.55 bits per heavy atom. The quantitative estimate of drug-likeness (QED) is 0.757. The third-order valence-electron chi connectivity index (χ3n) is 3.17. The Morgan fingerprint density at radius 1 is 1.35 bits per heavy atom. The van der Waals surface area contributed by atoms with Crippen LogP contribution >= 0.6 is 11.3 Å². The molecule has 0 bridgehead atoms. The van der Waals surface area contributed by atoms with Gasteiger partial charge in [-0.2, -0.15) is 0 Å². The molecule has 0 radical (unpaired) electrons. The van der Waals surface area contributed by atoms with Crippen LogP contribution in [0.1, 0.15) is 31.8 Å². The number of carbonyl (C=O) groups excluding carboxylic acids is 1. The SMILES string of the molecule is Cc1cc(C(=O)NCC(O)c2ccc(N)cc2)sc1C. The molecule has 106 valence electrons. The molecule has 0 aliphatic rings. The van der Waals surface area contributed by atoms with Gasteiger partial charge in [0.25, 0.3) is 5.91 Å². The van der Waals surface area contributed by atoms with Crippen LogP contribution in [0, 0.1) is 13.8 Å². The number of aliphatic hydroxyl groups excluding tert-OH is 1. The zero-order valence-corrected chi connectivity index (χ0v) is 12.3. The van der Waals surface area contributed by atoms with Gasteiger partial charge in [0.2, 0.25) is 0 Å². The number of hydrogen-bond acceptors (Lipinski definition) is 4. The molecule has 0 saturated carbocycles. The second kappa shape index (κ2) is 6.07. The van der Waals surface area contributed by atoms with Gasteiger partial charge >= 0.3 is 0 Å². The predicted octanol–water partition coefficient (Wildman–Crippen LogP) is 2.41. The van der Waals surface area contributed by atoms with Crippen molar-refractivity contribution in [1.82, 2.24) is 5.32 Å². The molecule has 0 saturated heterocycles. The van der Waals surface area contributed by atoms with Gasteiger partial charge in [0.05, 0.1) is 11.0 Å². The fraction of sp³-hybridized carbons (Fsp3) is 0.267. The van der Waals surface area contributed by atoms with Gasteiger partial charge in [-0.05, 0) is 43.2 Å².